The number of ether oxygens (including phenoxy) is 2. The number of pyridine rings is 2. The molecule has 0 unspecified atom stereocenters. The van der Waals surface area contributed by atoms with Crippen molar-refractivity contribution in [1.29, 1.82) is 0 Å². The average molecular weight is 431 g/mol. The first-order chi connectivity index (χ1) is 13.7. The van der Waals surface area contributed by atoms with Gasteiger partial charge in [-0.15, -0.1) is 0 Å². The summed E-state index contributed by atoms with van der Waals surface area (Å²) >= 11 is 6.03. The summed E-state index contributed by atoms with van der Waals surface area (Å²) in [6.07, 6.45) is -3.71. The predicted molar refractivity (Wildman–Crippen MR) is 101 cm³/mol. The first-order valence-corrected chi connectivity index (χ1v) is 8.98. The Kier molecular flexibility index (Phi) is 6.02. The zero-order valence-corrected chi connectivity index (χ0v) is 16.4. The summed E-state index contributed by atoms with van der Waals surface area (Å²) in [5, 5.41) is -0.0458. The molecule has 0 aliphatic carbocycles. The van der Waals surface area contributed by atoms with Gasteiger partial charge in [0.15, 0.2) is 0 Å². The van der Waals surface area contributed by atoms with E-state index in [1.54, 1.807) is 12.1 Å². The number of carbonyl (C=O) groups excluding carboxylic acids is 1. The maximum Gasteiger partial charge on any atom is 0.417 e. The number of hydrogen-bond donors (Lipinski definition) is 0. The molecule has 0 amide bonds. The zero-order valence-electron chi connectivity index (χ0n) is 15.7. The number of halogens is 4. The van der Waals surface area contributed by atoms with Crippen molar-refractivity contribution in [3.63, 3.8) is 0 Å². The van der Waals surface area contributed by atoms with Crippen LogP contribution in [0.3, 0.4) is 0 Å². The van der Waals surface area contributed by atoms with Crippen LogP contribution in [-0.2, 0) is 10.9 Å². The van der Waals surface area contributed by atoms with Crippen LogP contribution in [0.2, 0.25) is 5.02 Å². The molecule has 29 heavy (non-hydrogen) atoms. The second kappa shape index (κ2) is 8.32. The summed E-state index contributed by atoms with van der Waals surface area (Å²) in [7, 11) is 2.68. The van der Waals surface area contributed by atoms with Crippen LogP contribution in [0, 0.1) is 0 Å². The van der Waals surface area contributed by atoms with Crippen molar-refractivity contribution in [2.45, 2.75) is 6.18 Å². The van der Waals surface area contributed by atoms with Gasteiger partial charge in [-0.3, -0.25) is 0 Å². The normalized spacial score (nSPS) is 14.7. The molecule has 0 atom stereocenters. The standard InChI is InChI=1S/C18H18ClF3N4O3/c1-28-16-12(17(27)29-2)3-4-14(24-16)25-5-7-26(8-6-25)15-13(19)9-11(10-23-15)18(20,21)22/h3-4,9-10H,5-8H2,1-2H3. The van der Waals surface area contributed by atoms with Crippen molar-refractivity contribution in [2.75, 3.05) is 50.2 Å². The highest BCUT2D eigenvalue weighted by molar-refractivity contribution is 6.33. The lowest BCUT2D eigenvalue weighted by atomic mass is 10.2. The molecule has 2 aromatic rings. The molecule has 3 heterocycles. The van der Waals surface area contributed by atoms with Gasteiger partial charge in [-0.25, -0.2) is 9.78 Å². The molecule has 0 bridgehead atoms. The van der Waals surface area contributed by atoms with Crippen LogP contribution in [0.25, 0.3) is 0 Å². The van der Waals surface area contributed by atoms with Crippen molar-refractivity contribution in [1.82, 2.24) is 9.97 Å². The Morgan fingerprint density at radius 1 is 1.14 bits per heavy atom. The SMILES string of the molecule is COC(=O)c1ccc(N2CCN(c3ncc(C(F)(F)F)cc3Cl)CC2)nc1OC. The van der Waals surface area contributed by atoms with Gasteiger partial charge in [-0.1, -0.05) is 11.6 Å². The number of alkyl halides is 3. The number of aromatic nitrogens is 2. The second-order valence-corrected chi connectivity index (χ2v) is 6.63. The molecule has 0 spiro atoms. The molecule has 7 nitrogen and oxygen atoms in total. The van der Waals surface area contributed by atoms with Crippen LogP contribution in [0.4, 0.5) is 24.8 Å². The van der Waals surface area contributed by atoms with Crippen molar-refractivity contribution in [3.05, 3.63) is 40.5 Å². The smallest absolute Gasteiger partial charge is 0.417 e. The van der Waals surface area contributed by atoms with Crippen molar-refractivity contribution in [3.8, 4) is 5.88 Å². The Hall–Kier alpha value is -2.75. The summed E-state index contributed by atoms with van der Waals surface area (Å²) in [6.45, 7) is 2.04. The van der Waals surface area contributed by atoms with Gasteiger partial charge in [0.25, 0.3) is 0 Å². The van der Waals surface area contributed by atoms with Crippen LogP contribution in [0.1, 0.15) is 15.9 Å². The van der Waals surface area contributed by atoms with Crippen LogP contribution in [0.5, 0.6) is 5.88 Å². The highest BCUT2D eigenvalue weighted by Crippen LogP contribution is 2.34. The van der Waals surface area contributed by atoms with Gasteiger partial charge in [-0.2, -0.15) is 18.2 Å². The number of methoxy groups -OCH3 is 2. The van der Waals surface area contributed by atoms with Gasteiger partial charge < -0.3 is 19.3 Å². The van der Waals surface area contributed by atoms with Gasteiger partial charge >= 0.3 is 12.1 Å². The maximum atomic E-state index is 12.8. The number of hydrogen-bond acceptors (Lipinski definition) is 7. The van der Waals surface area contributed by atoms with Gasteiger partial charge in [-0.05, 0) is 18.2 Å². The van der Waals surface area contributed by atoms with E-state index >= 15 is 0 Å². The minimum Gasteiger partial charge on any atom is -0.480 e. The molecule has 1 aliphatic rings. The highest BCUT2D eigenvalue weighted by atomic mass is 35.5. The number of rotatable bonds is 4. The number of esters is 1. The van der Waals surface area contributed by atoms with E-state index in [0.717, 1.165) is 12.3 Å². The van der Waals surface area contributed by atoms with E-state index in [-0.39, 0.29) is 16.5 Å². The summed E-state index contributed by atoms with van der Waals surface area (Å²) in [4.78, 5) is 23.8. The average Bonchev–Trinajstić information content (AvgIpc) is 2.72. The third-order valence-corrected chi connectivity index (χ3v) is 4.77. The molecule has 1 saturated heterocycles. The highest BCUT2D eigenvalue weighted by Gasteiger charge is 2.32. The molecule has 1 fully saturated rings. The molecule has 156 valence electrons. The topological polar surface area (TPSA) is 67.8 Å². The Morgan fingerprint density at radius 2 is 1.79 bits per heavy atom. The third-order valence-electron chi connectivity index (χ3n) is 4.50. The molecule has 11 heteroatoms. The summed E-state index contributed by atoms with van der Waals surface area (Å²) < 4.78 is 48.2. The predicted octanol–water partition coefficient (Wildman–Crippen LogP) is 3.27. The molecule has 2 aromatic heterocycles. The van der Waals surface area contributed by atoms with Crippen LogP contribution >= 0.6 is 11.6 Å². The third kappa shape index (κ3) is 4.47. The number of nitrogens with zero attached hydrogens (tertiary/aromatic N) is 4. The van der Waals surface area contributed by atoms with E-state index in [9.17, 15) is 18.0 Å². The minimum absolute atomic E-state index is 0.0458. The Balaban J connectivity index is 1.72. The number of piperazine rings is 1. The molecule has 0 radical (unpaired) electrons. The quantitative estimate of drug-likeness (QED) is 0.689. The molecular weight excluding hydrogens is 413 g/mol. The Morgan fingerprint density at radius 3 is 2.34 bits per heavy atom. The summed E-state index contributed by atoms with van der Waals surface area (Å²) in [5.74, 6) is 0.532. The van der Waals surface area contributed by atoms with Crippen LogP contribution in [0.15, 0.2) is 24.4 Å². The van der Waals surface area contributed by atoms with Crippen molar-refractivity contribution < 1.29 is 27.4 Å². The summed E-state index contributed by atoms with van der Waals surface area (Å²) in [6, 6.07) is 4.15. The summed E-state index contributed by atoms with van der Waals surface area (Å²) in [5.41, 5.74) is -0.662. The fourth-order valence-electron chi connectivity index (χ4n) is 2.99. The largest absolute Gasteiger partial charge is 0.480 e. The van der Waals surface area contributed by atoms with Crippen LogP contribution in [-0.4, -0.2) is 56.3 Å². The first-order valence-electron chi connectivity index (χ1n) is 8.60. The lowest BCUT2D eigenvalue weighted by molar-refractivity contribution is -0.137. The lowest BCUT2D eigenvalue weighted by Crippen LogP contribution is -2.47. The van der Waals surface area contributed by atoms with Gasteiger partial charge in [0, 0.05) is 32.4 Å². The zero-order chi connectivity index (χ0) is 21.2. The van der Waals surface area contributed by atoms with Crippen LogP contribution < -0.4 is 14.5 Å². The van der Waals surface area contributed by atoms with Crippen molar-refractivity contribution >= 4 is 29.2 Å². The van der Waals surface area contributed by atoms with E-state index < -0.39 is 17.7 Å². The molecule has 0 saturated carbocycles. The minimum atomic E-state index is -4.49. The van der Waals surface area contributed by atoms with E-state index in [1.165, 1.54) is 14.2 Å². The molecule has 3 rings (SSSR count). The van der Waals surface area contributed by atoms with E-state index in [1.807, 2.05) is 9.80 Å². The fraction of sp³-hybridized carbons (Fsp3) is 0.389. The first kappa shape index (κ1) is 21.0. The van der Waals surface area contributed by atoms with Crippen molar-refractivity contribution in [2.24, 2.45) is 0 Å². The maximum absolute atomic E-state index is 12.8. The monoisotopic (exact) mass is 430 g/mol. The molecule has 0 N–H and O–H groups in total. The Bertz CT molecular complexity index is 902. The fourth-order valence-corrected chi connectivity index (χ4v) is 3.28. The Labute approximate surface area is 170 Å². The van der Waals surface area contributed by atoms with Gasteiger partial charge in [0.1, 0.15) is 17.2 Å². The molecular formula is C18H18ClF3N4O3. The lowest BCUT2D eigenvalue weighted by Gasteiger charge is -2.36. The van der Waals surface area contributed by atoms with E-state index in [4.69, 9.17) is 21.1 Å². The molecule has 1 aliphatic heterocycles. The van der Waals surface area contributed by atoms with E-state index in [2.05, 4.69) is 9.97 Å². The molecule has 0 aromatic carbocycles. The second-order valence-electron chi connectivity index (χ2n) is 6.22. The van der Waals surface area contributed by atoms with E-state index in [0.29, 0.717) is 37.8 Å². The number of carbonyl (C=O) groups is 1. The van der Waals surface area contributed by atoms with Gasteiger partial charge in [0.2, 0.25) is 5.88 Å². The van der Waals surface area contributed by atoms with Gasteiger partial charge in [0.05, 0.1) is 24.8 Å². The number of anilines is 2.